The standard InChI is InChI=1S/C22H25N3O3S2/c1-12(2)23-21(26)20-18(15-7-5-6-8-17(15)30-20)16-11-25(9-10-28-16)22(27)19-13(3)24-14(4)29-19/h5-8,12,16H,9-11H2,1-4H3,(H,23,26)/t16-/m0/s1. The van der Waals surface area contributed by atoms with E-state index in [4.69, 9.17) is 4.74 Å². The lowest BCUT2D eigenvalue weighted by atomic mass is 10.0. The van der Waals surface area contributed by atoms with Crippen LogP contribution < -0.4 is 5.32 Å². The number of amides is 2. The average Bonchev–Trinajstić information content (AvgIpc) is 3.26. The zero-order chi connectivity index (χ0) is 21.4. The van der Waals surface area contributed by atoms with Crippen molar-refractivity contribution in [2.45, 2.75) is 39.8 Å². The highest BCUT2D eigenvalue weighted by Crippen LogP contribution is 2.38. The van der Waals surface area contributed by atoms with Crippen molar-refractivity contribution in [2.24, 2.45) is 0 Å². The molecule has 1 aromatic carbocycles. The monoisotopic (exact) mass is 443 g/mol. The topological polar surface area (TPSA) is 71.5 Å². The van der Waals surface area contributed by atoms with Gasteiger partial charge in [-0.25, -0.2) is 4.98 Å². The van der Waals surface area contributed by atoms with Crippen molar-refractivity contribution in [1.82, 2.24) is 15.2 Å². The van der Waals surface area contributed by atoms with Gasteiger partial charge in [-0.2, -0.15) is 0 Å². The Balaban J connectivity index is 1.68. The number of thiazole rings is 1. The predicted octanol–water partition coefficient (Wildman–Crippen LogP) is 4.33. The van der Waals surface area contributed by atoms with E-state index in [1.807, 2.05) is 56.9 Å². The highest BCUT2D eigenvalue weighted by Gasteiger charge is 2.32. The second-order valence-corrected chi connectivity index (χ2v) is 9.98. The molecule has 1 aliphatic rings. The first-order valence-corrected chi connectivity index (χ1v) is 11.7. The number of nitrogens with zero attached hydrogens (tertiary/aromatic N) is 2. The summed E-state index contributed by atoms with van der Waals surface area (Å²) in [6.45, 7) is 9.05. The van der Waals surface area contributed by atoms with Crippen molar-refractivity contribution < 1.29 is 14.3 Å². The van der Waals surface area contributed by atoms with Gasteiger partial charge in [0.1, 0.15) is 11.0 Å². The van der Waals surface area contributed by atoms with Gasteiger partial charge in [-0.05, 0) is 39.1 Å². The molecular formula is C22H25N3O3S2. The number of carbonyl (C=O) groups excluding carboxylic acids is 2. The summed E-state index contributed by atoms with van der Waals surface area (Å²) in [7, 11) is 0. The van der Waals surface area contributed by atoms with Gasteiger partial charge in [-0.3, -0.25) is 9.59 Å². The molecule has 30 heavy (non-hydrogen) atoms. The Morgan fingerprint density at radius 1 is 1.20 bits per heavy atom. The first kappa shape index (κ1) is 21.0. The van der Waals surface area contributed by atoms with E-state index >= 15 is 0 Å². The van der Waals surface area contributed by atoms with Crippen LogP contribution in [0.25, 0.3) is 10.1 Å². The number of aryl methyl sites for hydroxylation is 2. The SMILES string of the molecule is Cc1nc(C)c(C(=O)N2CCO[C@H](c3c(C(=O)NC(C)C)sc4ccccc34)C2)s1. The maximum Gasteiger partial charge on any atom is 0.266 e. The Bertz CT molecular complexity index is 1100. The van der Waals surface area contributed by atoms with Gasteiger partial charge in [0.05, 0.1) is 28.7 Å². The summed E-state index contributed by atoms with van der Waals surface area (Å²) in [4.78, 5) is 33.6. The van der Waals surface area contributed by atoms with Crippen LogP contribution in [0.3, 0.4) is 0 Å². The van der Waals surface area contributed by atoms with Gasteiger partial charge in [0.15, 0.2) is 0 Å². The van der Waals surface area contributed by atoms with E-state index in [1.165, 1.54) is 22.7 Å². The molecular weight excluding hydrogens is 418 g/mol. The second kappa shape index (κ2) is 8.45. The summed E-state index contributed by atoms with van der Waals surface area (Å²) in [5.74, 6) is -0.110. The Kier molecular flexibility index (Phi) is 5.90. The van der Waals surface area contributed by atoms with Gasteiger partial charge in [-0.1, -0.05) is 18.2 Å². The van der Waals surface area contributed by atoms with Crippen LogP contribution in [0.1, 0.15) is 55.6 Å². The fourth-order valence-corrected chi connectivity index (χ4v) is 5.81. The molecule has 1 saturated heterocycles. The van der Waals surface area contributed by atoms with Crippen molar-refractivity contribution in [3.8, 4) is 0 Å². The number of rotatable bonds is 4. The molecule has 0 unspecified atom stereocenters. The smallest absolute Gasteiger partial charge is 0.266 e. The fourth-order valence-electron chi connectivity index (χ4n) is 3.76. The Morgan fingerprint density at radius 2 is 1.97 bits per heavy atom. The maximum absolute atomic E-state index is 13.1. The van der Waals surface area contributed by atoms with Gasteiger partial charge in [0.25, 0.3) is 11.8 Å². The minimum atomic E-state index is -0.346. The molecule has 1 N–H and O–H groups in total. The molecule has 1 fully saturated rings. The molecule has 8 heteroatoms. The molecule has 0 radical (unpaired) electrons. The van der Waals surface area contributed by atoms with Gasteiger partial charge in [0.2, 0.25) is 0 Å². The van der Waals surface area contributed by atoms with Gasteiger partial charge < -0.3 is 15.0 Å². The fraction of sp³-hybridized carbons (Fsp3) is 0.409. The van der Waals surface area contributed by atoms with E-state index in [1.54, 1.807) is 0 Å². The van der Waals surface area contributed by atoms with Gasteiger partial charge in [-0.15, -0.1) is 22.7 Å². The van der Waals surface area contributed by atoms with Crippen LogP contribution in [-0.4, -0.2) is 47.4 Å². The van der Waals surface area contributed by atoms with Crippen molar-refractivity contribution in [3.05, 3.63) is 50.3 Å². The third-order valence-electron chi connectivity index (χ3n) is 5.03. The largest absolute Gasteiger partial charge is 0.370 e. The maximum atomic E-state index is 13.1. The quantitative estimate of drug-likeness (QED) is 0.652. The molecule has 2 aromatic heterocycles. The van der Waals surface area contributed by atoms with E-state index in [-0.39, 0.29) is 24.0 Å². The molecule has 0 bridgehead atoms. The highest BCUT2D eigenvalue weighted by atomic mass is 32.1. The molecule has 158 valence electrons. The summed E-state index contributed by atoms with van der Waals surface area (Å²) < 4.78 is 7.14. The lowest BCUT2D eigenvalue weighted by Gasteiger charge is -2.33. The lowest BCUT2D eigenvalue weighted by Crippen LogP contribution is -2.42. The number of aromatic nitrogens is 1. The minimum absolute atomic E-state index is 0.0147. The van der Waals surface area contributed by atoms with Crippen LogP contribution in [-0.2, 0) is 4.74 Å². The summed E-state index contributed by atoms with van der Waals surface area (Å²) in [6, 6.07) is 8.02. The summed E-state index contributed by atoms with van der Waals surface area (Å²) in [6.07, 6.45) is -0.346. The molecule has 0 saturated carbocycles. The minimum Gasteiger partial charge on any atom is -0.370 e. The van der Waals surface area contributed by atoms with Crippen molar-refractivity contribution >= 4 is 44.6 Å². The van der Waals surface area contributed by atoms with Crippen LogP contribution in [0, 0.1) is 13.8 Å². The number of carbonyl (C=O) groups is 2. The van der Waals surface area contributed by atoms with Crippen LogP contribution in [0.2, 0.25) is 0 Å². The number of thiophene rings is 1. The first-order valence-electron chi connectivity index (χ1n) is 10.0. The zero-order valence-electron chi connectivity index (χ0n) is 17.5. The van der Waals surface area contributed by atoms with E-state index < -0.39 is 0 Å². The van der Waals surface area contributed by atoms with E-state index in [0.29, 0.717) is 29.5 Å². The average molecular weight is 444 g/mol. The third kappa shape index (κ3) is 3.99. The third-order valence-corrected chi connectivity index (χ3v) is 7.28. The summed E-state index contributed by atoms with van der Waals surface area (Å²) >= 11 is 2.90. The molecule has 0 spiro atoms. The number of ether oxygens (including phenoxy) is 1. The molecule has 6 nitrogen and oxygen atoms in total. The van der Waals surface area contributed by atoms with Crippen LogP contribution >= 0.6 is 22.7 Å². The molecule has 3 heterocycles. The number of hydrogen-bond acceptors (Lipinski definition) is 6. The van der Waals surface area contributed by atoms with E-state index in [9.17, 15) is 9.59 Å². The van der Waals surface area contributed by atoms with Crippen molar-refractivity contribution in [1.29, 1.82) is 0 Å². The van der Waals surface area contributed by atoms with Crippen LogP contribution in [0.15, 0.2) is 24.3 Å². The van der Waals surface area contributed by atoms with Gasteiger partial charge >= 0.3 is 0 Å². The number of morpholine rings is 1. The Hall–Kier alpha value is -2.29. The van der Waals surface area contributed by atoms with Crippen LogP contribution in [0.5, 0.6) is 0 Å². The molecule has 1 aliphatic heterocycles. The Labute approximate surface area is 183 Å². The molecule has 3 aromatic rings. The van der Waals surface area contributed by atoms with Gasteiger partial charge in [0, 0.05) is 22.8 Å². The first-order chi connectivity index (χ1) is 14.3. The van der Waals surface area contributed by atoms with Crippen LogP contribution in [0.4, 0.5) is 0 Å². The zero-order valence-corrected chi connectivity index (χ0v) is 19.2. The van der Waals surface area contributed by atoms with Crippen molar-refractivity contribution in [2.75, 3.05) is 19.7 Å². The predicted molar refractivity (Wildman–Crippen MR) is 121 cm³/mol. The highest BCUT2D eigenvalue weighted by molar-refractivity contribution is 7.21. The number of nitrogens with one attached hydrogen (secondary N) is 1. The number of fused-ring (bicyclic) bond motifs is 1. The second-order valence-electron chi connectivity index (χ2n) is 7.73. The lowest BCUT2D eigenvalue weighted by molar-refractivity contribution is -0.0221. The summed E-state index contributed by atoms with van der Waals surface area (Å²) in [5, 5.41) is 4.90. The molecule has 4 rings (SSSR count). The molecule has 1 atom stereocenters. The number of hydrogen-bond donors (Lipinski definition) is 1. The normalized spacial score (nSPS) is 17.0. The van der Waals surface area contributed by atoms with E-state index in [0.717, 1.165) is 26.4 Å². The Morgan fingerprint density at radius 3 is 2.67 bits per heavy atom. The number of benzene rings is 1. The molecule has 2 amide bonds. The van der Waals surface area contributed by atoms with E-state index in [2.05, 4.69) is 10.3 Å². The summed E-state index contributed by atoms with van der Waals surface area (Å²) in [5.41, 5.74) is 1.65. The van der Waals surface area contributed by atoms with Crippen molar-refractivity contribution in [3.63, 3.8) is 0 Å². The molecule has 0 aliphatic carbocycles.